The van der Waals surface area contributed by atoms with Crippen molar-refractivity contribution in [3.8, 4) is 23.0 Å². The predicted molar refractivity (Wildman–Crippen MR) is 92.4 cm³/mol. The van der Waals surface area contributed by atoms with Gasteiger partial charge in [0.05, 0.1) is 11.4 Å². The van der Waals surface area contributed by atoms with Crippen LogP contribution in [-0.2, 0) is 0 Å². The molecular formula is C20H19N3. The first-order valence-electron chi connectivity index (χ1n) is 7.89. The smallest absolute Gasteiger partial charge is 0.163 e. The van der Waals surface area contributed by atoms with E-state index < -0.39 is 0 Å². The van der Waals surface area contributed by atoms with Crippen LogP contribution in [0.1, 0.15) is 37.4 Å². The molecule has 2 aromatic carbocycles. The Balaban J connectivity index is 2.06. The minimum absolute atomic E-state index is 0.426. The molecule has 0 N–H and O–H groups in total. The molecule has 3 nitrogen and oxygen atoms in total. The first-order chi connectivity index (χ1) is 11.2. The van der Waals surface area contributed by atoms with Crippen LogP contribution in [0.4, 0.5) is 0 Å². The average Bonchev–Trinajstić information content (AvgIpc) is 3.06. The average molecular weight is 301 g/mol. The van der Waals surface area contributed by atoms with E-state index in [1.165, 1.54) is 5.56 Å². The molecule has 1 aromatic heterocycles. The lowest BCUT2D eigenvalue weighted by molar-refractivity contribution is 0.733. The molecule has 0 spiro atoms. The van der Waals surface area contributed by atoms with Crippen LogP contribution >= 0.6 is 0 Å². The van der Waals surface area contributed by atoms with Gasteiger partial charge in [0, 0.05) is 11.6 Å². The summed E-state index contributed by atoms with van der Waals surface area (Å²) in [5.41, 5.74) is 4.71. The van der Waals surface area contributed by atoms with Gasteiger partial charge in [-0.3, -0.25) is 0 Å². The third-order valence-electron chi connectivity index (χ3n) is 4.21. The molecule has 0 fully saturated rings. The Morgan fingerprint density at radius 2 is 1.78 bits per heavy atom. The van der Waals surface area contributed by atoms with E-state index in [9.17, 15) is 5.26 Å². The highest BCUT2D eigenvalue weighted by molar-refractivity contribution is 5.64. The van der Waals surface area contributed by atoms with E-state index in [-0.39, 0.29) is 0 Å². The van der Waals surface area contributed by atoms with Gasteiger partial charge in [-0.25, -0.2) is 4.68 Å². The lowest BCUT2D eigenvalue weighted by atomic mass is 9.97. The van der Waals surface area contributed by atoms with Crippen LogP contribution in [0.3, 0.4) is 0 Å². The topological polar surface area (TPSA) is 41.6 Å². The molecule has 0 aliphatic carbocycles. The SMILES string of the molecule is CCC(C)c1ccc(-c2cc(C#N)nn2-c2ccccc2)cc1. The molecule has 0 aliphatic rings. The van der Waals surface area contributed by atoms with E-state index in [4.69, 9.17) is 0 Å². The number of benzene rings is 2. The zero-order chi connectivity index (χ0) is 16.2. The van der Waals surface area contributed by atoms with Crippen LogP contribution in [0.5, 0.6) is 0 Å². The molecule has 0 saturated heterocycles. The predicted octanol–water partition coefficient (Wildman–Crippen LogP) is 4.92. The summed E-state index contributed by atoms with van der Waals surface area (Å²) in [5, 5.41) is 13.6. The van der Waals surface area contributed by atoms with E-state index >= 15 is 0 Å². The number of nitrogens with zero attached hydrogens (tertiary/aromatic N) is 3. The Kier molecular flexibility index (Phi) is 4.25. The summed E-state index contributed by atoms with van der Waals surface area (Å²) in [6.07, 6.45) is 1.12. The second-order valence-electron chi connectivity index (χ2n) is 5.71. The normalized spacial score (nSPS) is 11.9. The highest BCUT2D eigenvalue weighted by Gasteiger charge is 2.12. The van der Waals surface area contributed by atoms with Gasteiger partial charge in [-0.2, -0.15) is 10.4 Å². The summed E-state index contributed by atoms with van der Waals surface area (Å²) in [6.45, 7) is 4.43. The summed E-state index contributed by atoms with van der Waals surface area (Å²) in [6, 6.07) is 22.4. The lowest BCUT2D eigenvalue weighted by Gasteiger charge is -2.11. The zero-order valence-corrected chi connectivity index (χ0v) is 13.4. The van der Waals surface area contributed by atoms with Crippen molar-refractivity contribution in [2.45, 2.75) is 26.2 Å². The Morgan fingerprint density at radius 3 is 2.39 bits per heavy atom. The maximum absolute atomic E-state index is 9.19. The fourth-order valence-corrected chi connectivity index (χ4v) is 2.63. The van der Waals surface area contributed by atoms with Crippen LogP contribution in [0, 0.1) is 11.3 Å². The van der Waals surface area contributed by atoms with E-state index in [2.05, 4.69) is 49.3 Å². The molecule has 1 heterocycles. The largest absolute Gasteiger partial charge is 0.232 e. The molecule has 3 rings (SSSR count). The molecule has 0 aliphatic heterocycles. The van der Waals surface area contributed by atoms with Crippen LogP contribution < -0.4 is 0 Å². The van der Waals surface area contributed by atoms with Crippen molar-refractivity contribution in [2.24, 2.45) is 0 Å². The zero-order valence-electron chi connectivity index (χ0n) is 13.4. The number of hydrogen-bond donors (Lipinski definition) is 0. The van der Waals surface area contributed by atoms with Crippen LogP contribution in [-0.4, -0.2) is 9.78 Å². The van der Waals surface area contributed by atoms with Gasteiger partial charge in [-0.1, -0.05) is 56.3 Å². The van der Waals surface area contributed by atoms with Gasteiger partial charge >= 0.3 is 0 Å². The lowest BCUT2D eigenvalue weighted by Crippen LogP contribution is -1.99. The van der Waals surface area contributed by atoms with E-state index in [0.717, 1.165) is 23.4 Å². The first-order valence-corrected chi connectivity index (χ1v) is 7.89. The van der Waals surface area contributed by atoms with Gasteiger partial charge in [0.1, 0.15) is 6.07 Å². The second kappa shape index (κ2) is 6.50. The van der Waals surface area contributed by atoms with Crippen molar-refractivity contribution in [1.82, 2.24) is 9.78 Å². The van der Waals surface area contributed by atoms with Gasteiger partial charge in [0.2, 0.25) is 0 Å². The molecule has 1 unspecified atom stereocenters. The quantitative estimate of drug-likeness (QED) is 0.686. The minimum atomic E-state index is 0.426. The van der Waals surface area contributed by atoms with Crippen LogP contribution in [0.15, 0.2) is 60.7 Å². The molecule has 3 heteroatoms. The van der Waals surface area contributed by atoms with Gasteiger partial charge in [0.25, 0.3) is 0 Å². The standard InChI is InChI=1S/C20H19N3/c1-3-15(2)16-9-11-17(12-10-16)20-13-18(14-21)22-23(20)19-7-5-4-6-8-19/h4-13,15H,3H2,1-2H3. The molecular weight excluding hydrogens is 282 g/mol. The van der Waals surface area contributed by atoms with Gasteiger partial charge in [-0.05, 0) is 30.0 Å². The highest BCUT2D eigenvalue weighted by atomic mass is 15.3. The Bertz CT molecular complexity index is 824. The van der Waals surface area contributed by atoms with Crippen LogP contribution in [0.2, 0.25) is 0 Å². The number of nitriles is 1. The first kappa shape index (κ1) is 15.1. The fraction of sp³-hybridized carbons (Fsp3) is 0.200. The Labute approximate surface area is 136 Å². The molecule has 0 amide bonds. The van der Waals surface area contributed by atoms with Crippen molar-refractivity contribution < 1.29 is 0 Å². The Morgan fingerprint density at radius 1 is 1.09 bits per heavy atom. The van der Waals surface area contributed by atoms with E-state index in [1.807, 2.05) is 41.1 Å². The number of para-hydroxylation sites is 1. The van der Waals surface area contributed by atoms with Crippen molar-refractivity contribution in [3.63, 3.8) is 0 Å². The molecule has 0 saturated carbocycles. The highest BCUT2D eigenvalue weighted by Crippen LogP contribution is 2.26. The molecule has 3 aromatic rings. The van der Waals surface area contributed by atoms with Crippen molar-refractivity contribution in [1.29, 1.82) is 5.26 Å². The summed E-state index contributed by atoms with van der Waals surface area (Å²) in [7, 11) is 0. The monoisotopic (exact) mass is 301 g/mol. The summed E-state index contributed by atoms with van der Waals surface area (Å²) < 4.78 is 1.83. The van der Waals surface area contributed by atoms with Crippen molar-refractivity contribution in [2.75, 3.05) is 0 Å². The third kappa shape index (κ3) is 3.02. The molecule has 0 bridgehead atoms. The van der Waals surface area contributed by atoms with Crippen molar-refractivity contribution >= 4 is 0 Å². The number of rotatable bonds is 4. The summed E-state index contributed by atoms with van der Waals surface area (Å²) in [4.78, 5) is 0. The second-order valence-corrected chi connectivity index (χ2v) is 5.71. The summed E-state index contributed by atoms with van der Waals surface area (Å²) >= 11 is 0. The number of aromatic nitrogens is 2. The van der Waals surface area contributed by atoms with Gasteiger partial charge in [0.15, 0.2) is 5.69 Å². The van der Waals surface area contributed by atoms with Gasteiger partial charge in [-0.15, -0.1) is 0 Å². The summed E-state index contributed by atoms with van der Waals surface area (Å²) in [5.74, 6) is 0.553. The molecule has 23 heavy (non-hydrogen) atoms. The van der Waals surface area contributed by atoms with E-state index in [1.54, 1.807) is 0 Å². The van der Waals surface area contributed by atoms with Crippen molar-refractivity contribution in [3.05, 3.63) is 71.9 Å². The maximum Gasteiger partial charge on any atom is 0.163 e. The van der Waals surface area contributed by atoms with E-state index in [0.29, 0.717) is 11.6 Å². The van der Waals surface area contributed by atoms with Gasteiger partial charge < -0.3 is 0 Å². The molecule has 114 valence electrons. The van der Waals surface area contributed by atoms with Crippen LogP contribution in [0.25, 0.3) is 16.9 Å². The minimum Gasteiger partial charge on any atom is -0.232 e. The Hall–Kier alpha value is -2.86. The maximum atomic E-state index is 9.19. The molecule has 1 atom stereocenters. The molecule has 0 radical (unpaired) electrons. The third-order valence-corrected chi connectivity index (χ3v) is 4.21. The fourth-order valence-electron chi connectivity index (χ4n) is 2.63. The number of hydrogen-bond acceptors (Lipinski definition) is 2.